The van der Waals surface area contributed by atoms with Gasteiger partial charge in [-0.2, -0.15) is 0 Å². The first-order valence-corrected chi connectivity index (χ1v) is 9.03. The van der Waals surface area contributed by atoms with Gasteiger partial charge in [-0.25, -0.2) is 9.36 Å². The van der Waals surface area contributed by atoms with E-state index in [0.717, 1.165) is 19.3 Å². The maximum absolute atomic E-state index is 10.8. The van der Waals surface area contributed by atoms with Crippen LogP contribution in [0.3, 0.4) is 0 Å². The molecule has 0 bridgehead atoms. The Labute approximate surface area is 145 Å². The van der Waals surface area contributed by atoms with E-state index in [4.69, 9.17) is 24.8 Å². The van der Waals surface area contributed by atoms with Gasteiger partial charge in [0.15, 0.2) is 0 Å². The molecule has 0 spiro atoms. The Morgan fingerprint density at radius 3 is 2.00 bits per heavy atom. The van der Waals surface area contributed by atoms with Gasteiger partial charge < -0.3 is 20.0 Å². The Balaban J connectivity index is -0.000000520. The predicted molar refractivity (Wildman–Crippen MR) is 74.8 cm³/mol. The number of aliphatic hydroxyl groups excluding tert-OH is 1. The molecule has 1 unspecified atom stereocenters. The van der Waals surface area contributed by atoms with E-state index in [2.05, 4.69) is 15.8 Å². The topological polar surface area (TPSA) is 151 Å². The van der Waals surface area contributed by atoms with Crippen LogP contribution in [0, 0.1) is 0 Å². The number of carboxylic acid groups (broad SMARTS) is 1. The summed E-state index contributed by atoms with van der Waals surface area (Å²) in [5, 5.41) is 15.0. The third kappa shape index (κ3) is 28.5. The van der Waals surface area contributed by atoms with Gasteiger partial charge >= 0.3 is 22.0 Å². The number of carbonyl (C=O) groups is 1. The number of rotatable bonds is 11. The number of hydrogen-bond donors (Lipinski definition) is 4. The third-order valence-corrected chi connectivity index (χ3v) is 3.78. The molecular weight excluding hydrogens is 374 g/mol. The van der Waals surface area contributed by atoms with Gasteiger partial charge in [-0.1, -0.05) is 39.0 Å². The number of carboxylic acids is 1. The van der Waals surface area contributed by atoms with Gasteiger partial charge in [0.25, 0.3) is 0 Å². The summed E-state index contributed by atoms with van der Waals surface area (Å²) >= 11 is 0. The van der Waals surface area contributed by atoms with Crippen LogP contribution >= 0.6 is 16.1 Å². The molecule has 0 aliphatic rings. The molecule has 0 radical (unpaired) electrons. The van der Waals surface area contributed by atoms with Crippen LogP contribution in [0.25, 0.3) is 0 Å². The predicted octanol–water partition coefficient (Wildman–Crippen LogP) is 2.19. The molecule has 130 valence electrons. The van der Waals surface area contributed by atoms with Crippen molar-refractivity contribution in [3.8, 4) is 0 Å². The first kappa shape index (κ1) is 27.2. The molecule has 0 aromatic heterocycles. The maximum atomic E-state index is 10.8. The SMILES string of the molecule is CCCCCCCCO[P+](=O)OP(=O)(O)O.O=C(O)CO.[Ti]. The van der Waals surface area contributed by atoms with Crippen molar-refractivity contribution >= 4 is 22.0 Å². The summed E-state index contributed by atoms with van der Waals surface area (Å²) in [4.78, 5) is 25.7. The van der Waals surface area contributed by atoms with Crippen LogP contribution in [0.5, 0.6) is 0 Å². The Morgan fingerprint density at radius 2 is 1.59 bits per heavy atom. The second-order valence-electron chi connectivity index (χ2n) is 3.95. The molecule has 0 fully saturated rings. The van der Waals surface area contributed by atoms with Crippen molar-refractivity contribution in [2.45, 2.75) is 45.4 Å². The minimum Gasteiger partial charge on any atom is -0.480 e. The third-order valence-electron chi connectivity index (χ3n) is 2.00. The monoisotopic (exact) mass is 397 g/mol. The fraction of sp³-hybridized carbons (Fsp3) is 0.900. The zero-order valence-electron chi connectivity index (χ0n) is 12.4. The molecule has 0 aromatic rings. The molecule has 0 saturated heterocycles. The molecule has 0 saturated carbocycles. The van der Waals surface area contributed by atoms with Crippen molar-refractivity contribution in [2.75, 3.05) is 13.2 Å². The summed E-state index contributed by atoms with van der Waals surface area (Å²) in [5.74, 6) is -1.19. The average molecular weight is 397 g/mol. The van der Waals surface area contributed by atoms with Gasteiger partial charge in [0, 0.05) is 26.3 Å². The largest absolute Gasteiger partial charge is 0.708 e. The minimum atomic E-state index is -4.70. The zero-order valence-corrected chi connectivity index (χ0v) is 15.7. The molecular formula is C10H23O9P2Ti+. The minimum absolute atomic E-state index is 0. The van der Waals surface area contributed by atoms with Gasteiger partial charge in [0.05, 0.1) is 0 Å². The van der Waals surface area contributed by atoms with Gasteiger partial charge in [0.2, 0.25) is 0 Å². The van der Waals surface area contributed by atoms with Crippen LogP contribution in [0.4, 0.5) is 0 Å². The van der Waals surface area contributed by atoms with Gasteiger partial charge in [0.1, 0.15) is 13.2 Å². The molecule has 0 aliphatic carbocycles. The molecule has 0 heterocycles. The molecule has 0 rings (SSSR count). The van der Waals surface area contributed by atoms with Crippen LogP contribution in [-0.2, 0) is 44.5 Å². The van der Waals surface area contributed by atoms with E-state index in [-0.39, 0.29) is 28.3 Å². The first-order valence-electron chi connectivity index (χ1n) is 6.41. The van der Waals surface area contributed by atoms with E-state index < -0.39 is 28.7 Å². The van der Waals surface area contributed by atoms with Crippen LogP contribution in [0.15, 0.2) is 0 Å². The Bertz CT molecular complexity index is 334. The number of unbranched alkanes of at least 4 members (excludes halogenated alkanes) is 5. The molecule has 22 heavy (non-hydrogen) atoms. The van der Waals surface area contributed by atoms with Crippen molar-refractivity contribution in [3.05, 3.63) is 0 Å². The fourth-order valence-corrected chi connectivity index (χ4v) is 2.29. The van der Waals surface area contributed by atoms with Crippen molar-refractivity contribution in [1.82, 2.24) is 0 Å². The van der Waals surface area contributed by atoms with E-state index in [0.29, 0.717) is 0 Å². The summed E-state index contributed by atoms with van der Waals surface area (Å²) in [6, 6.07) is 0. The average Bonchev–Trinajstić information content (AvgIpc) is 2.36. The summed E-state index contributed by atoms with van der Waals surface area (Å²) in [6.45, 7) is 1.55. The molecule has 9 nitrogen and oxygen atoms in total. The second-order valence-corrected chi connectivity index (χ2v) is 6.29. The second kappa shape index (κ2) is 17.7. The quantitative estimate of drug-likeness (QED) is 0.234. The molecule has 12 heteroatoms. The molecule has 0 aliphatic heterocycles. The zero-order chi connectivity index (χ0) is 16.7. The standard InChI is InChI=1S/C8H18O6P2.C2H4O3.Ti/c1-2-3-4-5-6-7-8-13-15(9)14-16(10,11)12;3-1-2(4)5;/h2-8H2,1H3,(H-,10,11,12);3H,1H2,(H,4,5);/p+1. The molecule has 4 N–H and O–H groups in total. The number of phosphoric acid groups is 1. The van der Waals surface area contributed by atoms with Crippen LogP contribution in [0.2, 0.25) is 0 Å². The van der Waals surface area contributed by atoms with Gasteiger partial charge in [-0.3, -0.25) is 0 Å². The summed E-state index contributed by atoms with van der Waals surface area (Å²) in [5.41, 5.74) is 0. The maximum Gasteiger partial charge on any atom is 0.708 e. The van der Waals surface area contributed by atoms with Crippen molar-refractivity contribution in [2.24, 2.45) is 0 Å². The van der Waals surface area contributed by atoms with E-state index >= 15 is 0 Å². The summed E-state index contributed by atoms with van der Waals surface area (Å²) in [7, 11) is -7.41. The van der Waals surface area contributed by atoms with Gasteiger partial charge in [-0.05, 0) is 10.7 Å². The molecule has 0 amide bonds. The van der Waals surface area contributed by atoms with Crippen LogP contribution in [-0.4, -0.2) is 39.2 Å². The number of aliphatic hydroxyl groups is 1. The smallest absolute Gasteiger partial charge is 0.480 e. The van der Waals surface area contributed by atoms with Crippen molar-refractivity contribution in [3.63, 3.8) is 0 Å². The summed E-state index contributed by atoms with van der Waals surface area (Å²) < 4.78 is 29.5. The first-order chi connectivity index (χ1) is 9.72. The Kier molecular flexibility index (Phi) is 21.8. The Morgan fingerprint density at radius 1 is 1.14 bits per heavy atom. The normalized spacial score (nSPS) is 11.0. The summed E-state index contributed by atoms with van der Waals surface area (Å²) in [6.07, 6.45) is 6.32. The fourth-order valence-electron chi connectivity index (χ4n) is 1.13. The van der Waals surface area contributed by atoms with E-state index in [1.54, 1.807) is 0 Å². The molecule has 1 atom stereocenters. The Hall–Kier alpha value is 0.314. The van der Waals surface area contributed by atoms with E-state index in [1.807, 2.05) is 0 Å². The number of aliphatic carboxylic acids is 1. The van der Waals surface area contributed by atoms with Crippen molar-refractivity contribution < 1.29 is 64.5 Å². The number of hydrogen-bond acceptors (Lipinski definition) is 6. The van der Waals surface area contributed by atoms with Crippen LogP contribution < -0.4 is 0 Å². The van der Waals surface area contributed by atoms with Crippen molar-refractivity contribution in [1.29, 1.82) is 0 Å². The van der Waals surface area contributed by atoms with E-state index in [1.165, 1.54) is 19.3 Å². The van der Waals surface area contributed by atoms with Crippen LogP contribution in [0.1, 0.15) is 45.4 Å². The van der Waals surface area contributed by atoms with Gasteiger partial charge in [-0.15, -0.1) is 4.52 Å². The van der Waals surface area contributed by atoms with E-state index in [9.17, 15) is 9.13 Å². The molecule has 0 aromatic carbocycles.